The van der Waals surface area contributed by atoms with Crippen LogP contribution in [0.1, 0.15) is 29.8 Å². The number of aromatic hydroxyl groups is 1. The predicted octanol–water partition coefficient (Wildman–Crippen LogP) is 2.67. The normalized spacial score (nSPS) is 15.3. The third-order valence-corrected chi connectivity index (χ3v) is 3.54. The fraction of sp³-hybridized carbons (Fsp3) is 0.333. The van der Waals surface area contributed by atoms with Crippen LogP contribution in [0.5, 0.6) is 5.75 Å². The maximum absolute atomic E-state index is 12.3. The Morgan fingerprint density at radius 3 is 2.70 bits per heavy atom. The highest BCUT2D eigenvalue weighted by Crippen LogP contribution is 2.29. The molecule has 2 aromatic rings. The molecule has 5 heteroatoms. The molecule has 1 aromatic carbocycles. The van der Waals surface area contributed by atoms with Crippen LogP contribution in [0.15, 0.2) is 34.9 Å². The summed E-state index contributed by atoms with van der Waals surface area (Å²) in [7, 11) is 0. The van der Waals surface area contributed by atoms with E-state index in [4.69, 9.17) is 4.52 Å². The van der Waals surface area contributed by atoms with Crippen LogP contribution in [-0.2, 0) is 0 Å². The molecule has 1 aliphatic heterocycles. The molecule has 1 aliphatic rings. The number of para-hydroxylation sites is 1. The van der Waals surface area contributed by atoms with Gasteiger partial charge in [0.05, 0.1) is 5.56 Å². The number of benzene rings is 1. The van der Waals surface area contributed by atoms with E-state index in [9.17, 15) is 9.90 Å². The van der Waals surface area contributed by atoms with Crippen molar-refractivity contribution in [3.05, 3.63) is 36.0 Å². The van der Waals surface area contributed by atoms with Gasteiger partial charge >= 0.3 is 0 Å². The third kappa shape index (κ3) is 2.39. The first-order valence-electron chi connectivity index (χ1n) is 6.80. The standard InChI is InChI=1S/C15H16N2O3/c18-13-7-3-2-6-11(13)14-10-12(16-20-14)15(19)17-8-4-1-5-9-17/h2-3,6-7,10,18H,1,4-5,8-9H2. The van der Waals surface area contributed by atoms with Crippen molar-refractivity contribution in [3.8, 4) is 17.1 Å². The molecule has 0 bridgehead atoms. The molecule has 0 radical (unpaired) electrons. The zero-order valence-corrected chi connectivity index (χ0v) is 11.1. The number of carbonyl (C=O) groups excluding carboxylic acids is 1. The van der Waals surface area contributed by atoms with Crippen molar-refractivity contribution >= 4 is 5.91 Å². The topological polar surface area (TPSA) is 66.6 Å². The monoisotopic (exact) mass is 272 g/mol. The lowest BCUT2D eigenvalue weighted by Gasteiger charge is -2.25. The van der Waals surface area contributed by atoms with Crippen LogP contribution >= 0.6 is 0 Å². The molecule has 1 fully saturated rings. The average Bonchev–Trinajstić information content (AvgIpc) is 2.97. The van der Waals surface area contributed by atoms with Gasteiger partial charge in [-0.2, -0.15) is 0 Å². The summed E-state index contributed by atoms with van der Waals surface area (Å²) in [5, 5.41) is 13.6. The summed E-state index contributed by atoms with van der Waals surface area (Å²) in [5.74, 6) is 0.416. The fourth-order valence-corrected chi connectivity index (χ4v) is 2.44. The van der Waals surface area contributed by atoms with Gasteiger partial charge in [-0.3, -0.25) is 4.79 Å². The van der Waals surface area contributed by atoms with Gasteiger partial charge in [0.25, 0.3) is 5.91 Å². The Kier molecular flexibility index (Phi) is 3.41. The summed E-state index contributed by atoms with van der Waals surface area (Å²) in [6.07, 6.45) is 3.25. The van der Waals surface area contributed by atoms with Crippen molar-refractivity contribution in [3.63, 3.8) is 0 Å². The zero-order chi connectivity index (χ0) is 13.9. The Morgan fingerprint density at radius 2 is 1.95 bits per heavy atom. The molecule has 2 heterocycles. The Hall–Kier alpha value is -2.30. The van der Waals surface area contributed by atoms with Gasteiger partial charge in [0.15, 0.2) is 11.5 Å². The van der Waals surface area contributed by atoms with Crippen LogP contribution in [0.25, 0.3) is 11.3 Å². The summed E-state index contributed by atoms with van der Waals surface area (Å²) in [5.41, 5.74) is 0.836. The molecule has 20 heavy (non-hydrogen) atoms. The van der Waals surface area contributed by atoms with E-state index in [1.807, 2.05) is 0 Å². The van der Waals surface area contributed by atoms with Crippen LogP contribution < -0.4 is 0 Å². The van der Waals surface area contributed by atoms with Crippen molar-refractivity contribution in [2.24, 2.45) is 0 Å². The molecule has 0 atom stereocenters. The molecule has 5 nitrogen and oxygen atoms in total. The third-order valence-electron chi connectivity index (χ3n) is 3.54. The van der Waals surface area contributed by atoms with Gasteiger partial charge in [0, 0.05) is 19.2 Å². The maximum Gasteiger partial charge on any atom is 0.276 e. The number of carbonyl (C=O) groups is 1. The number of amides is 1. The molecule has 104 valence electrons. The Labute approximate surface area is 116 Å². The molecule has 0 unspecified atom stereocenters. The minimum absolute atomic E-state index is 0.102. The van der Waals surface area contributed by atoms with Gasteiger partial charge in [-0.15, -0.1) is 0 Å². The predicted molar refractivity (Wildman–Crippen MR) is 73.4 cm³/mol. The van der Waals surface area contributed by atoms with Crippen molar-refractivity contribution in [2.75, 3.05) is 13.1 Å². The number of aromatic nitrogens is 1. The second-order valence-electron chi connectivity index (χ2n) is 4.95. The number of piperidine rings is 1. The molecule has 1 saturated heterocycles. The van der Waals surface area contributed by atoms with E-state index in [2.05, 4.69) is 5.16 Å². The van der Waals surface area contributed by atoms with Crippen LogP contribution in [-0.4, -0.2) is 34.2 Å². The molecule has 0 aliphatic carbocycles. The van der Waals surface area contributed by atoms with E-state index in [1.54, 1.807) is 35.2 Å². The van der Waals surface area contributed by atoms with Gasteiger partial charge in [-0.1, -0.05) is 17.3 Å². The first-order chi connectivity index (χ1) is 9.75. The van der Waals surface area contributed by atoms with E-state index >= 15 is 0 Å². The molecule has 3 rings (SSSR count). The molecular weight excluding hydrogens is 256 g/mol. The van der Waals surface area contributed by atoms with Crippen molar-refractivity contribution in [1.82, 2.24) is 10.1 Å². The van der Waals surface area contributed by atoms with Gasteiger partial charge in [0.2, 0.25) is 0 Å². The number of likely N-dealkylation sites (tertiary alicyclic amines) is 1. The number of hydrogen-bond acceptors (Lipinski definition) is 4. The van der Waals surface area contributed by atoms with Gasteiger partial charge < -0.3 is 14.5 Å². The molecule has 1 N–H and O–H groups in total. The van der Waals surface area contributed by atoms with E-state index in [0.717, 1.165) is 25.9 Å². The van der Waals surface area contributed by atoms with Crippen molar-refractivity contribution < 1.29 is 14.4 Å². The largest absolute Gasteiger partial charge is 0.507 e. The maximum atomic E-state index is 12.3. The second kappa shape index (κ2) is 5.36. The summed E-state index contributed by atoms with van der Waals surface area (Å²) in [6, 6.07) is 8.42. The summed E-state index contributed by atoms with van der Waals surface area (Å²) < 4.78 is 5.19. The molecule has 1 aromatic heterocycles. The Morgan fingerprint density at radius 1 is 1.20 bits per heavy atom. The van der Waals surface area contributed by atoms with E-state index < -0.39 is 0 Å². The zero-order valence-electron chi connectivity index (χ0n) is 11.1. The number of phenols is 1. The smallest absolute Gasteiger partial charge is 0.276 e. The summed E-state index contributed by atoms with van der Waals surface area (Å²) in [6.45, 7) is 1.55. The quantitative estimate of drug-likeness (QED) is 0.912. The number of phenolic OH excluding ortho intramolecular Hbond substituents is 1. The van der Waals surface area contributed by atoms with Crippen molar-refractivity contribution in [1.29, 1.82) is 0 Å². The summed E-state index contributed by atoms with van der Waals surface area (Å²) >= 11 is 0. The highest BCUT2D eigenvalue weighted by atomic mass is 16.5. The highest BCUT2D eigenvalue weighted by molar-refractivity contribution is 5.93. The number of hydrogen-bond donors (Lipinski definition) is 1. The van der Waals surface area contributed by atoms with E-state index in [1.165, 1.54) is 6.42 Å². The number of nitrogens with zero attached hydrogens (tertiary/aromatic N) is 2. The minimum atomic E-state index is -0.102. The molecule has 1 amide bonds. The highest BCUT2D eigenvalue weighted by Gasteiger charge is 2.22. The lowest BCUT2D eigenvalue weighted by atomic mass is 10.1. The Bertz CT molecular complexity index is 615. The van der Waals surface area contributed by atoms with Crippen molar-refractivity contribution in [2.45, 2.75) is 19.3 Å². The first-order valence-corrected chi connectivity index (χ1v) is 6.80. The lowest BCUT2D eigenvalue weighted by Crippen LogP contribution is -2.35. The van der Waals surface area contributed by atoms with E-state index in [0.29, 0.717) is 17.0 Å². The lowest BCUT2D eigenvalue weighted by molar-refractivity contribution is 0.0714. The summed E-state index contributed by atoms with van der Waals surface area (Å²) in [4.78, 5) is 14.1. The van der Waals surface area contributed by atoms with Crippen LogP contribution in [0, 0.1) is 0 Å². The molecule has 0 saturated carbocycles. The van der Waals surface area contributed by atoms with Gasteiger partial charge in [-0.05, 0) is 31.4 Å². The van der Waals surface area contributed by atoms with E-state index in [-0.39, 0.29) is 11.7 Å². The van der Waals surface area contributed by atoms with Gasteiger partial charge in [-0.25, -0.2) is 0 Å². The van der Waals surface area contributed by atoms with Crippen LogP contribution in [0.3, 0.4) is 0 Å². The Balaban J connectivity index is 1.83. The van der Waals surface area contributed by atoms with Crippen LogP contribution in [0.4, 0.5) is 0 Å². The molecule has 0 spiro atoms. The average molecular weight is 272 g/mol. The first kappa shape index (κ1) is 12.7. The molecular formula is C15H16N2O3. The van der Waals surface area contributed by atoms with Crippen LogP contribution in [0.2, 0.25) is 0 Å². The fourth-order valence-electron chi connectivity index (χ4n) is 2.44. The minimum Gasteiger partial charge on any atom is -0.507 e. The number of rotatable bonds is 2. The van der Waals surface area contributed by atoms with Gasteiger partial charge in [0.1, 0.15) is 5.75 Å². The second-order valence-corrected chi connectivity index (χ2v) is 4.95. The SMILES string of the molecule is O=C(c1cc(-c2ccccc2O)on1)N1CCCCC1.